The molecule has 0 aromatic rings. The van der Waals surface area contributed by atoms with Gasteiger partial charge >= 0.3 is 15.4 Å². The Morgan fingerprint density at radius 2 is 1.78 bits per heavy atom. The lowest BCUT2D eigenvalue weighted by atomic mass is 10.0. The second-order valence-electron chi connectivity index (χ2n) is 4.43. The molecule has 0 bridgehead atoms. The van der Waals surface area contributed by atoms with Gasteiger partial charge in [0.05, 0.1) is 6.61 Å². The molecule has 0 aliphatic carbocycles. The van der Waals surface area contributed by atoms with Gasteiger partial charge in [0.2, 0.25) is 11.2 Å². The molecule has 0 spiro atoms. The van der Waals surface area contributed by atoms with Crippen molar-refractivity contribution in [3.63, 3.8) is 0 Å². The molecular formula is C8H17NO12P2. The van der Waals surface area contributed by atoms with Crippen LogP contribution in [0.2, 0.25) is 0 Å². The Morgan fingerprint density at radius 1 is 1.30 bits per heavy atom. The predicted molar refractivity (Wildman–Crippen MR) is 70.7 cm³/mol. The fourth-order valence-corrected chi connectivity index (χ4v) is 3.85. The first-order chi connectivity index (χ1) is 10.2. The summed E-state index contributed by atoms with van der Waals surface area (Å²) in [6, 6.07) is -1.87. The average molecular weight is 381 g/mol. The molecular weight excluding hydrogens is 364 g/mol. The third-order valence-electron chi connectivity index (χ3n) is 2.62. The number of aliphatic hydroxyl groups is 4. The molecule has 0 radical (unpaired) electrons. The number of phosphoric acid groups is 1. The van der Waals surface area contributed by atoms with Crippen LogP contribution in [-0.4, -0.2) is 77.5 Å². The molecule has 0 aliphatic heterocycles. The van der Waals surface area contributed by atoms with Crippen LogP contribution in [0.5, 0.6) is 0 Å². The van der Waals surface area contributed by atoms with Gasteiger partial charge in [0.15, 0.2) is 0 Å². The summed E-state index contributed by atoms with van der Waals surface area (Å²) in [5, 5.41) is 36.5. The normalized spacial score (nSPS) is 21.4. The highest BCUT2D eigenvalue weighted by Gasteiger charge is 2.58. The first-order valence-corrected chi connectivity index (χ1v) is 8.84. The minimum atomic E-state index is -5.83. The SMILES string of the molecule is CC(=O)N[C@@H](C=O)[C@@H](O)[C@@H](O)[C@](O)(CO)P(=O)(O)OP(=O)(O)O. The van der Waals surface area contributed by atoms with E-state index < -0.39 is 51.5 Å². The zero-order chi connectivity index (χ0) is 18.6. The van der Waals surface area contributed by atoms with Crippen LogP contribution >= 0.6 is 15.4 Å². The van der Waals surface area contributed by atoms with Crippen molar-refractivity contribution in [2.75, 3.05) is 6.61 Å². The maximum atomic E-state index is 11.7. The van der Waals surface area contributed by atoms with E-state index in [1.54, 1.807) is 0 Å². The number of aliphatic hydroxyl groups excluding tert-OH is 3. The number of carbonyl (C=O) groups is 2. The molecule has 0 saturated carbocycles. The summed E-state index contributed by atoms with van der Waals surface area (Å²) >= 11 is 0. The van der Waals surface area contributed by atoms with Gasteiger partial charge in [0.1, 0.15) is 24.5 Å². The van der Waals surface area contributed by atoms with Crippen molar-refractivity contribution in [2.45, 2.75) is 30.5 Å². The van der Waals surface area contributed by atoms with Crippen LogP contribution in [-0.2, 0) is 23.0 Å². The van der Waals surface area contributed by atoms with E-state index in [1.165, 1.54) is 0 Å². The fraction of sp³-hybridized carbons (Fsp3) is 0.750. The van der Waals surface area contributed by atoms with Crippen LogP contribution < -0.4 is 5.32 Å². The first kappa shape index (κ1) is 22.3. The molecule has 0 aromatic carbocycles. The van der Waals surface area contributed by atoms with Crippen molar-refractivity contribution in [1.82, 2.24) is 5.32 Å². The van der Waals surface area contributed by atoms with Gasteiger partial charge in [0.25, 0.3) is 0 Å². The quantitative estimate of drug-likeness (QED) is 0.143. The molecule has 1 amide bonds. The number of amides is 1. The van der Waals surface area contributed by atoms with Gasteiger partial charge in [-0.15, -0.1) is 0 Å². The van der Waals surface area contributed by atoms with E-state index in [0.29, 0.717) is 0 Å². The Labute approximate surface area is 129 Å². The molecule has 0 aromatic heterocycles. The van der Waals surface area contributed by atoms with Crippen molar-refractivity contribution in [2.24, 2.45) is 0 Å². The topological polar surface area (TPSA) is 231 Å². The number of hydrogen-bond donors (Lipinski definition) is 8. The lowest BCUT2D eigenvalue weighted by molar-refractivity contribution is -0.136. The molecule has 0 rings (SSSR count). The second-order valence-corrected chi connectivity index (χ2v) is 7.88. The van der Waals surface area contributed by atoms with E-state index in [1.807, 2.05) is 5.32 Å². The Bertz CT molecular complexity index is 533. The highest BCUT2D eigenvalue weighted by Crippen LogP contribution is 2.64. The number of hydrogen-bond acceptors (Lipinski definition) is 9. The molecule has 0 aliphatic rings. The number of nitrogens with one attached hydrogen (secondary N) is 1. The summed E-state index contributed by atoms with van der Waals surface area (Å²) in [6.07, 6.45) is -5.31. The molecule has 0 heterocycles. The third kappa shape index (κ3) is 5.69. The number of aldehydes is 1. The van der Waals surface area contributed by atoms with Gasteiger partial charge in [-0.25, -0.2) is 8.88 Å². The maximum absolute atomic E-state index is 11.7. The largest absolute Gasteiger partial charge is 0.476 e. The van der Waals surface area contributed by atoms with Gasteiger partial charge in [-0.05, 0) is 0 Å². The van der Waals surface area contributed by atoms with Gasteiger partial charge in [-0.2, -0.15) is 0 Å². The van der Waals surface area contributed by atoms with E-state index in [4.69, 9.17) is 14.9 Å². The van der Waals surface area contributed by atoms with Gasteiger partial charge in [0, 0.05) is 6.92 Å². The van der Waals surface area contributed by atoms with Crippen LogP contribution in [0.4, 0.5) is 0 Å². The van der Waals surface area contributed by atoms with Gasteiger partial charge < -0.3 is 45.2 Å². The standard InChI is InChI=1S/C8H17NO12P2/c1-4(12)9-5(2-10)6(13)7(14)8(15,3-11)22(16,17)21-23(18,19)20/h2,5-7,11,13-15H,3H2,1H3,(H,9,12)(H,16,17)(H2,18,19,20)/t5-,6+,7+,8-/m0/s1. The van der Waals surface area contributed by atoms with Crippen molar-refractivity contribution in [3.05, 3.63) is 0 Å². The summed E-state index contributed by atoms with van der Waals surface area (Å²) in [5.41, 5.74) is 0. The molecule has 15 heteroatoms. The molecule has 5 atom stereocenters. The van der Waals surface area contributed by atoms with Crippen molar-refractivity contribution >= 4 is 27.6 Å². The highest BCUT2D eigenvalue weighted by molar-refractivity contribution is 7.64. The Kier molecular flexibility index (Phi) is 7.65. The summed E-state index contributed by atoms with van der Waals surface area (Å²) in [5.74, 6) is -0.848. The van der Waals surface area contributed by atoms with Crippen LogP contribution in [0.25, 0.3) is 0 Å². The summed E-state index contributed by atoms with van der Waals surface area (Å²) in [4.78, 5) is 48.0. The molecule has 13 nitrogen and oxygen atoms in total. The maximum Gasteiger partial charge on any atom is 0.476 e. The van der Waals surface area contributed by atoms with Crippen molar-refractivity contribution in [1.29, 1.82) is 0 Å². The van der Waals surface area contributed by atoms with Crippen molar-refractivity contribution < 1.29 is 58.1 Å². The minimum absolute atomic E-state index is 0.0841. The molecule has 0 saturated heterocycles. The Hall–Kier alpha value is -0.720. The molecule has 0 fully saturated rings. The molecule has 136 valence electrons. The summed E-state index contributed by atoms with van der Waals surface area (Å²) < 4.78 is 25.8. The first-order valence-electron chi connectivity index (χ1n) is 5.73. The average Bonchev–Trinajstić information content (AvgIpc) is 2.39. The number of rotatable bonds is 9. The van der Waals surface area contributed by atoms with E-state index in [9.17, 15) is 38.9 Å². The van der Waals surface area contributed by atoms with E-state index in [2.05, 4.69) is 4.31 Å². The van der Waals surface area contributed by atoms with Crippen LogP contribution in [0.3, 0.4) is 0 Å². The van der Waals surface area contributed by atoms with Crippen LogP contribution in [0, 0.1) is 0 Å². The van der Waals surface area contributed by atoms with Crippen LogP contribution in [0.1, 0.15) is 6.92 Å². The molecule has 8 N–H and O–H groups in total. The Balaban J connectivity index is 5.64. The van der Waals surface area contributed by atoms with E-state index >= 15 is 0 Å². The van der Waals surface area contributed by atoms with Gasteiger partial charge in [-0.3, -0.25) is 9.36 Å². The molecule has 1 unspecified atom stereocenters. The smallest absolute Gasteiger partial charge is 0.393 e. The summed E-state index contributed by atoms with van der Waals surface area (Å²) in [6.45, 7) is -0.855. The predicted octanol–water partition coefficient (Wildman–Crippen LogP) is -3.61. The zero-order valence-electron chi connectivity index (χ0n) is 11.6. The zero-order valence-corrected chi connectivity index (χ0v) is 13.4. The molecule has 23 heavy (non-hydrogen) atoms. The van der Waals surface area contributed by atoms with Crippen molar-refractivity contribution in [3.8, 4) is 0 Å². The van der Waals surface area contributed by atoms with Crippen LogP contribution in [0.15, 0.2) is 0 Å². The second kappa shape index (κ2) is 7.90. The minimum Gasteiger partial charge on any atom is -0.393 e. The van der Waals surface area contributed by atoms with E-state index in [0.717, 1.165) is 6.92 Å². The number of carbonyl (C=O) groups excluding carboxylic acids is 2. The Morgan fingerprint density at radius 3 is 2.09 bits per heavy atom. The monoisotopic (exact) mass is 381 g/mol. The lowest BCUT2D eigenvalue weighted by Crippen LogP contribution is -2.58. The fourth-order valence-electron chi connectivity index (χ4n) is 1.47. The summed E-state index contributed by atoms with van der Waals surface area (Å²) in [7, 11) is -11.5. The van der Waals surface area contributed by atoms with E-state index in [-0.39, 0.29) is 6.29 Å². The lowest BCUT2D eigenvalue weighted by Gasteiger charge is -2.37. The third-order valence-corrected chi connectivity index (χ3v) is 5.74. The highest BCUT2D eigenvalue weighted by atomic mass is 31.3. The van der Waals surface area contributed by atoms with Gasteiger partial charge in [-0.1, -0.05) is 0 Å².